The summed E-state index contributed by atoms with van der Waals surface area (Å²) < 4.78 is 28.8. The maximum Gasteiger partial charge on any atom is 0.264 e. The first-order valence-corrected chi connectivity index (χ1v) is 15.9. The molecule has 7 nitrogen and oxygen atoms in total. The lowest BCUT2D eigenvalue weighted by molar-refractivity contribution is -0.139. The Morgan fingerprint density at radius 1 is 0.902 bits per heavy atom. The molecule has 0 radical (unpaired) electrons. The molecule has 2 amide bonds. The molecule has 0 spiro atoms. The van der Waals surface area contributed by atoms with Crippen LogP contribution in [0.2, 0.25) is 20.1 Å². The molecule has 0 aromatic heterocycles. The van der Waals surface area contributed by atoms with Gasteiger partial charge in [0.2, 0.25) is 11.8 Å². The molecule has 0 saturated carbocycles. The third-order valence-electron chi connectivity index (χ3n) is 6.40. The van der Waals surface area contributed by atoms with Crippen LogP contribution in [0.15, 0.2) is 65.6 Å². The van der Waals surface area contributed by atoms with E-state index in [1.54, 1.807) is 37.3 Å². The number of halogens is 4. The van der Waals surface area contributed by atoms with E-state index >= 15 is 0 Å². The Balaban J connectivity index is 2.06. The van der Waals surface area contributed by atoms with Gasteiger partial charge in [-0.2, -0.15) is 0 Å². The van der Waals surface area contributed by atoms with Crippen LogP contribution in [0.5, 0.6) is 0 Å². The second-order valence-electron chi connectivity index (χ2n) is 9.51. The first-order chi connectivity index (χ1) is 19.3. The third-order valence-corrected chi connectivity index (χ3v) is 9.47. The fourth-order valence-electron chi connectivity index (χ4n) is 3.98. The standard InChI is InChI=1S/C29H31Cl4N3O4S/c1-4-5-14-34-29(38)20(3)35(17-21-8-12-24(31)26(33)15-21)28(37)18-36(27-16-22(30)9-13-25(27)32)41(39,40)23-10-6-19(2)7-11-23/h6-13,15-16,20H,4-5,14,17-18H2,1-3H3,(H,34,38)/t20-/m0/s1. The number of nitrogens with zero attached hydrogens (tertiary/aromatic N) is 2. The number of hydrogen-bond donors (Lipinski definition) is 1. The van der Waals surface area contributed by atoms with Crippen LogP contribution in [0.4, 0.5) is 5.69 Å². The third kappa shape index (κ3) is 8.52. The number of aryl methyl sites for hydroxylation is 1. The van der Waals surface area contributed by atoms with Crippen LogP contribution in [0.3, 0.4) is 0 Å². The Hall–Kier alpha value is -2.49. The number of benzene rings is 3. The van der Waals surface area contributed by atoms with Gasteiger partial charge in [-0.1, -0.05) is 83.5 Å². The Bertz CT molecular complexity index is 1500. The van der Waals surface area contributed by atoms with Gasteiger partial charge in [0.15, 0.2) is 0 Å². The Morgan fingerprint density at radius 2 is 1.56 bits per heavy atom. The zero-order chi connectivity index (χ0) is 30.3. The molecule has 0 fully saturated rings. The van der Waals surface area contributed by atoms with Gasteiger partial charge in [0.25, 0.3) is 10.0 Å². The van der Waals surface area contributed by atoms with Crippen molar-refractivity contribution in [1.29, 1.82) is 0 Å². The Morgan fingerprint density at radius 3 is 2.20 bits per heavy atom. The topological polar surface area (TPSA) is 86.8 Å². The largest absolute Gasteiger partial charge is 0.354 e. The summed E-state index contributed by atoms with van der Waals surface area (Å²) in [5, 5.41) is 3.77. The smallest absolute Gasteiger partial charge is 0.264 e. The van der Waals surface area contributed by atoms with Gasteiger partial charge in [-0.15, -0.1) is 0 Å². The minimum absolute atomic E-state index is 0.0280. The maximum atomic E-state index is 14.0. The number of amides is 2. The number of carbonyl (C=O) groups is 2. The summed E-state index contributed by atoms with van der Waals surface area (Å²) in [5.74, 6) is -1.01. The second-order valence-corrected chi connectivity index (χ2v) is 13.0. The van der Waals surface area contributed by atoms with E-state index in [0.717, 1.165) is 22.7 Å². The molecule has 12 heteroatoms. The number of sulfonamides is 1. The molecule has 1 N–H and O–H groups in total. The Labute approximate surface area is 261 Å². The van der Waals surface area contributed by atoms with Gasteiger partial charge < -0.3 is 10.2 Å². The van der Waals surface area contributed by atoms with Crippen molar-refractivity contribution in [2.75, 3.05) is 17.4 Å². The van der Waals surface area contributed by atoms with Crippen molar-refractivity contribution in [3.05, 3.63) is 91.9 Å². The van der Waals surface area contributed by atoms with Gasteiger partial charge in [-0.05, 0) is 68.3 Å². The quantitative estimate of drug-likeness (QED) is 0.210. The number of anilines is 1. The highest BCUT2D eigenvalue weighted by atomic mass is 35.5. The minimum Gasteiger partial charge on any atom is -0.354 e. The van der Waals surface area contributed by atoms with E-state index in [2.05, 4.69) is 5.32 Å². The van der Waals surface area contributed by atoms with Crippen LogP contribution in [-0.4, -0.2) is 44.3 Å². The monoisotopic (exact) mass is 657 g/mol. The zero-order valence-corrected chi connectivity index (χ0v) is 26.7. The van der Waals surface area contributed by atoms with Crippen LogP contribution in [-0.2, 0) is 26.2 Å². The van der Waals surface area contributed by atoms with Crippen LogP contribution in [0.1, 0.15) is 37.8 Å². The predicted molar refractivity (Wildman–Crippen MR) is 167 cm³/mol. The first-order valence-electron chi connectivity index (χ1n) is 12.9. The number of nitrogens with one attached hydrogen (secondary N) is 1. The van der Waals surface area contributed by atoms with Crippen molar-refractivity contribution in [1.82, 2.24) is 10.2 Å². The lowest BCUT2D eigenvalue weighted by atomic mass is 10.1. The summed E-state index contributed by atoms with van der Waals surface area (Å²) in [7, 11) is -4.28. The molecule has 3 aromatic carbocycles. The molecular formula is C29H31Cl4N3O4S. The molecule has 220 valence electrons. The molecule has 3 aromatic rings. The lowest BCUT2D eigenvalue weighted by Crippen LogP contribution is -2.51. The summed E-state index contributed by atoms with van der Waals surface area (Å²) in [4.78, 5) is 28.3. The molecule has 0 heterocycles. The van der Waals surface area contributed by atoms with E-state index in [0.29, 0.717) is 17.1 Å². The number of rotatable bonds is 12. The molecule has 0 saturated heterocycles. The minimum atomic E-state index is -4.28. The highest BCUT2D eigenvalue weighted by Crippen LogP contribution is 2.33. The number of carbonyl (C=O) groups excluding carboxylic acids is 2. The van der Waals surface area contributed by atoms with Gasteiger partial charge in [0.1, 0.15) is 12.6 Å². The fourth-order valence-corrected chi connectivity index (χ4v) is 6.16. The number of unbranched alkanes of at least 4 members (excludes halogenated alkanes) is 1. The molecule has 1 atom stereocenters. The van der Waals surface area contributed by atoms with E-state index in [9.17, 15) is 18.0 Å². The maximum absolute atomic E-state index is 14.0. The summed E-state index contributed by atoms with van der Waals surface area (Å²) in [5.41, 5.74) is 1.50. The average Bonchev–Trinajstić information content (AvgIpc) is 2.93. The van der Waals surface area contributed by atoms with E-state index in [1.165, 1.54) is 35.2 Å². The molecule has 0 aliphatic carbocycles. The van der Waals surface area contributed by atoms with Crippen molar-refractivity contribution < 1.29 is 18.0 Å². The van der Waals surface area contributed by atoms with Crippen LogP contribution in [0.25, 0.3) is 0 Å². The first kappa shape index (κ1) is 33.0. The molecule has 0 aliphatic heterocycles. The highest BCUT2D eigenvalue weighted by molar-refractivity contribution is 7.92. The van der Waals surface area contributed by atoms with Crippen molar-refractivity contribution >= 4 is 73.9 Å². The van der Waals surface area contributed by atoms with Crippen molar-refractivity contribution in [3.8, 4) is 0 Å². The van der Waals surface area contributed by atoms with Gasteiger partial charge in [0.05, 0.1) is 25.7 Å². The normalized spacial score (nSPS) is 12.1. The van der Waals surface area contributed by atoms with Gasteiger partial charge in [-0.25, -0.2) is 8.42 Å². The van der Waals surface area contributed by atoms with Gasteiger partial charge in [0, 0.05) is 18.1 Å². The summed E-state index contributed by atoms with van der Waals surface area (Å²) in [6.45, 7) is 5.19. The summed E-state index contributed by atoms with van der Waals surface area (Å²) in [6, 6.07) is 14.5. The van der Waals surface area contributed by atoms with Gasteiger partial charge >= 0.3 is 0 Å². The highest BCUT2D eigenvalue weighted by Gasteiger charge is 2.33. The van der Waals surface area contributed by atoms with Crippen LogP contribution in [0, 0.1) is 6.92 Å². The van der Waals surface area contributed by atoms with Crippen molar-refractivity contribution in [2.45, 2.75) is 51.1 Å². The molecule has 0 unspecified atom stereocenters. The lowest BCUT2D eigenvalue weighted by Gasteiger charge is -2.32. The Kier molecular flexibility index (Phi) is 11.8. The van der Waals surface area contributed by atoms with E-state index < -0.39 is 28.5 Å². The zero-order valence-electron chi connectivity index (χ0n) is 22.8. The van der Waals surface area contributed by atoms with Crippen LogP contribution < -0.4 is 9.62 Å². The van der Waals surface area contributed by atoms with E-state index in [4.69, 9.17) is 46.4 Å². The molecule has 3 rings (SSSR count). The number of hydrogen-bond acceptors (Lipinski definition) is 4. The average molecular weight is 659 g/mol. The second kappa shape index (κ2) is 14.6. The van der Waals surface area contributed by atoms with Gasteiger partial charge in [-0.3, -0.25) is 13.9 Å². The van der Waals surface area contributed by atoms with E-state index in [1.807, 2.05) is 13.8 Å². The fraction of sp³-hybridized carbons (Fsp3) is 0.310. The summed E-state index contributed by atoms with van der Waals surface area (Å²) in [6.07, 6.45) is 1.65. The predicted octanol–water partition coefficient (Wildman–Crippen LogP) is 7.14. The van der Waals surface area contributed by atoms with Crippen molar-refractivity contribution in [2.24, 2.45) is 0 Å². The van der Waals surface area contributed by atoms with Crippen molar-refractivity contribution in [3.63, 3.8) is 0 Å². The SMILES string of the molecule is CCCCNC(=O)[C@H](C)N(Cc1ccc(Cl)c(Cl)c1)C(=O)CN(c1cc(Cl)ccc1Cl)S(=O)(=O)c1ccc(C)cc1. The molecule has 0 bridgehead atoms. The molecule has 0 aliphatic rings. The van der Waals surface area contributed by atoms with E-state index in [-0.39, 0.29) is 38.1 Å². The summed E-state index contributed by atoms with van der Waals surface area (Å²) >= 11 is 24.9. The molecule has 41 heavy (non-hydrogen) atoms. The van der Waals surface area contributed by atoms with Crippen LogP contribution >= 0.6 is 46.4 Å². The molecular weight excluding hydrogens is 628 g/mol.